The predicted octanol–water partition coefficient (Wildman–Crippen LogP) is 3.23. The average Bonchev–Trinajstić information content (AvgIpc) is 2.39. The van der Waals surface area contributed by atoms with E-state index in [-0.39, 0.29) is 12.0 Å². The molecule has 0 aromatic heterocycles. The van der Waals surface area contributed by atoms with Crippen molar-refractivity contribution in [3.05, 3.63) is 35.4 Å². The number of aryl methyl sites for hydroxylation is 1. The minimum atomic E-state index is 0.0550. The lowest BCUT2D eigenvalue weighted by Crippen LogP contribution is -2.37. The number of hydrogen-bond donors (Lipinski definition) is 1. The van der Waals surface area contributed by atoms with E-state index in [0.717, 1.165) is 25.9 Å². The molecule has 0 aliphatic rings. The standard InChI is InChI=1S/C16H27NO/c1-5-16(6-2,13-18)12-17(4)11-15-9-7-14(3)8-10-15/h7-10,18H,5-6,11-13H2,1-4H3. The number of benzene rings is 1. The van der Waals surface area contributed by atoms with Gasteiger partial charge in [0.05, 0.1) is 0 Å². The summed E-state index contributed by atoms with van der Waals surface area (Å²) in [4.78, 5) is 2.31. The zero-order valence-corrected chi connectivity index (χ0v) is 12.2. The maximum absolute atomic E-state index is 9.60. The summed E-state index contributed by atoms with van der Waals surface area (Å²) < 4.78 is 0. The Labute approximate surface area is 112 Å². The lowest BCUT2D eigenvalue weighted by Gasteiger charge is -2.34. The molecule has 0 aliphatic carbocycles. The van der Waals surface area contributed by atoms with E-state index in [2.05, 4.69) is 57.0 Å². The van der Waals surface area contributed by atoms with Crippen LogP contribution in [0.3, 0.4) is 0 Å². The van der Waals surface area contributed by atoms with Gasteiger partial charge in [0, 0.05) is 25.1 Å². The third-order valence-electron chi connectivity index (χ3n) is 4.01. The fraction of sp³-hybridized carbons (Fsp3) is 0.625. The zero-order valence-electron chi connectivity index (χ0n) is 12.2. The second-order valence-electron chi connectivity index (χ2n) is 5.52. The average molecular weight is 249 g/mol. The Morgan fingerprint density at radius 1 is 1.11 bits per heavy atom. The van der Waals surface area contributed by atoms with Gasteiger partial charge in [-0.1, -0.05) is 43.7 Å². The van der Waals surface area contributed by atoms with Crippen molar-refractivity contribution in [2.75, 3.05) is 20.2 Å². The minimum Gasteiger partial charge on any atom is -0.396 e. The number of aliphatic hydroxyl groups excluding tert-OH is 1. The minimum absolute atomic E-state index is 0.0550. The Morgan fingerprint density at radius 3 is 2.11 bits per heavy atom. The van der Waals surface area contributed by atoms with E-state index in [4.69, 9.17) is 0 Å². The van der Waals surface area contributed by atoms with Crippen LogP contribution in [0.15, 0.2) is 24.3 Å². The Balaban J connectivity index is 2.60. The van der Waals surface area contributed by atoms with Crippen LogP contribution in [-0.2, 0) is 6.54 Å². The van der Waals surface area contributed by atoms with Crippen molar-refractivity contribution in [1.82, 2.24) is 4.90 Å². The van der Waals surface area contributed by atoms with Gasteiger partial charge in [-0.25, -0.2) is 0 Å². The topological polar surface area (TPSA) is 23.5 Å². The molecule has 0 fully saturated rings. The second kappa shape index (κ2) is 6.91. The summed E-state index contributed by atoms with van der Waals surface area (Å²) in [6, 6.07) is 8.68. The highest BCUT2D eigenvalue weighted by atomic mass is 16.3. The van der Waals surface area contributed by atoms with E-state index in [9.17, 15) is 5.11 Å². The molecule has 102 valence electrons. The van der Waals surface area contributed by atoms with Crippen molar-refractivity contribution in [3.8, 4) is 0 Å². The molecule has 0 unspecified atom stereocenters. The fourth-order valence-corrected chi connectivity index (χ4v) is 2.38. The van der Waals surface area contributed by atoms with Crippen LogP contribution in [0.5, 0.6) is 0 Å². The molecule has 0 spiro atoms. The molecule has 1 N–H and O–H groups in total. The molecule has 0 radical (unpaired) electrons. The number of nitrogens with zero attached hydrogens (tertiary/aromatic N) is 1. The number of hydrogen-bond acceptors (Lipinski definition) is 2. The van der Waals surface area contributed by atoms with Gasteiger partial charge in [-0.3, -0.25) is 0 Å². The number of rotatable bonds is 7. The van der Waals surface area contributed by atoms with Gasteiger partial charge in [-0.05, 0) is 32.4 Å². The van der Waals surface area contributed by atoms with Crippen LogP contribution < -0.4 is 0 Å². The highest BCUT2D eigenvalue weighted by Gasteiger charge is 2.26. The van der Waals surface area contributed by atoms with Crippen LogP contribution >= 0.6 is 0 Å². The Hall–Kier alpha value is -0.860. The maximum atomic E-state index is 9.60. The Morgan fingerprint density at radius 2 is 1.67 bits per heavy atom. The van der Waals surface area contributed by atoms with Gasteiger partial charge in [0.1, 0.15) is 0 Å². The van der Waals surface area contributed by atoms with E-state index in [0.29, 0.717) is 0 Å². The molecule has 1 aromatic rings. The second-order valence-corrected chi connectivity index (χ2v) is 5.52. The van der Waals surface area contributed by atoms with Crippen molar-refractivity contribution >= 4 is 0 Å². The van der Waals surface area contributed by atoms with Gasteiger partial charge >= 0.3 is 0 Å². The predicted molar refractivity (Wildman–Crippen MR) is 77.6 cm³/mol. The molecule has 0 amide bonds. The van der Waals surface area contributed by atoms with E-state index in [1.807, 2.05) is 0 Å². The van der Waals surface area contributed by atoms with Crippen molar-refractivity contribution in [2.24, 2.45) is 5.41 Å². The smallest absolute Gasteiger partial charge is 0.0499 e. The molecule has 0 saturated carbocycles. The third kappa shape index (κ3) is 4.11. The van der Waals surface area contributed by atoms with Gasteiger partial charge < -0.3 is 10.0 Å². The largest absolute Gasteiger partial charge is 0.396 e. The highest BCUT2D eigenvalue weighted by Crippen LogP contribution is 2.27. The molecular formula is C16H27NO. The fourth-order valence-electron chi connectivity index (χ4n) is 2.38. The van der Waals surface area contributed by atoms with Crippen molar-refractivity contribution in [3.63, 3.8) is 0 Å². The maximum Gasteiger partial charge on any atom is 0.0499 e. The molecule has 0 heterocycles. The summed E-state index contributed by atoms with van der Waals surface area (Å²) in [5.74, 6) is 0. The molecule has 2 heteroatoms. The van der Waals surface area contributed by atoms with Crippen molar-refractivity contribution < 1.29 is 5.11 Å². The summed E-state index contributed by atoms with van der Waals surface area (Å²) in [7, 11) is 2.13. The lowest BCUT2D eigenvalue weighted by molar-refractivity contribution is 0.0731. The summed E-state index contributed by atoms with van der Waals surface area (Å²) in [6.07, 6.45) is 2.05. The van der Waals surface area contributed by atoms with Gasteiger partial charge in [-0.15, -0.1) is 0 Å². The molecule has 0 atom stereocenters. The van der Waals surface area contributed by atoms with Crippen LogP contribution in [0.25, 0.3) is 0 Å². The van der Waals surface area contributed by atoms with Crippen LogP contribution in [0.4, 0.5) is 0 Å². The lowest BCUT2D eigenvalue weighted by atomic mass is 9.82. The van der Waals surface area contributed by atoms with Gasteiger partial charge in [0.15, 0.2) is 0 Å². The molecule has 18 heavy (non-hydrogen) atoms. The summed E-state index contributed by atoms with van der Waals surface area (Å²) in [5.41, 5.74) is 2.69. The summed E-state index contributed by atoms with van der Waals surface area (Å²) >= 11 is 0. The first-order valence-electron chi connectivity index (χ1n) is 6.90. The molecule has 1 aromatic carbocycles. The van der Waals surface area contributed by atoms with E-state index >= 15 is 0 Å². The Bertz CT molecular complexity index is 332. The molecular weight excluding hydrogens is 222 g/mol. The van der Waals surface area contributed by atoms with Crippen LogP contribution in [-0.4, -0.2) is 30.2 Å². The van der Waals surface area contributed by atoms with E-state index in [1.165, 1.54) is 11.1 Å². The molecule has 0 aliphatic heterocycles. The molecule has 1 rings (SSSR count). The first-order valence-corrected chi connectivity index (χ1v) is 6.90. The first kappa shape index (κ1) is 15.2. The monoisotopic (exact) mass is 249 g/mol. The Kier molecular flexibility index (Phi) is 5.83. The number of aliphatic hydroxyl groups is 1. The van der Waals surface area contributed by atoms with Crippen molar-refractivity contribution in [2.45, 2.75) is 40.2 Å². The van der Waals surface area contributed by atoms with Crippen molar-refractivity contribution in [1.29, 1.82) is 0 Å². The molecule has 0 bridgehead atoms. The van der Waals surface area contributed by atoms with E-state index in [1.54, 1.807) is 0 Å². The van der Waals surface area contributed by atoms with Crippen LogP contribution in [0, 0.1) is 12.3 Å². The normalized spacial score (nSPS) is 12.1. The summed E-state index contributed by atoms with van der Waals surface area (Å²) in [5, 5.41) is 9.60. The molecule has 2 nitrogen and oxygen atoms in total. The van der Waals surface area contributed by atoms with E-state index < -0.39 is 0 Å². The van der Waals surface area contributed by atoms with Gasteiger partial charge in [0.2, 0.25) is 0 Å². The highest BCUT2D eigenvalue weighted by molar-refractivity contribution is 5.21. The zero-order chi connectivity index (χ0) is 13.6. The molecule has 0 saturated heterocycles. The third-order valence-corrected chi connectivity index (χ3v) is 4.01. The van der Waals surface area contributed by atoms with Gasteiger partial charge in [0.25, 0.3) is 0 Å². The van der Waals surface area contributed by atoms with Gasteiger partial charge in [-0.2, -0.15) is 0 Å². The SMILES string of the molecule is CCC(CC)(CO)CN(C)Cc1ccc(C)cc1. The van der Waals surface area contributed by atoms with Crippen LogP contribution in [0.2, 0.25) is 0 Å². The van der Waals surface area contributed by atoms with Crippen LogP contribution in [0.1, 0.15) is 37.8 Å². The summed E-state index contributed by atoms with van der Waals surface area (Å²) in [6.45, 7) is 8.61. The quantitative estimate of drug-likeness (QED) is 0.802. The first-order chi connectivity index (χ1) is 8.55.